The first-order valence-corrected chi connectivity index (χ1v) is 39.0. The van der Waals surface area contributed by atoms with E-state index < -0.39 is 28.6 Å². The topological polar surface area (TPSA) is 17.1 Å². The van der Waals surface area contributed by atoms with Gasteiger partial charge in [-0.05, 0) is 146 Å². The first kappa shape index (κ1) is 78.1. The summed E-state index contributed by atoms with van der Waals surface area (Å²) in [6, 6.07) is 128. The number of carbonyl (C=O) groups is 1. The average Bonchev–Trinajstić information content (AvgIpc) is 0.791. The Morgan fingerprint density at radius 3 is 0.521 bits per heavy atom. The zero-order valence-electron chi connectivity index (χ0n) is 57.1. The van der Waals surface area contributed by atoms with Crippen LogP contribution in [0.1, 0.15) is 48.5 Å². The molecule has 0 unspecified atom stereocenters. The molecule has 485 valence electrons. The van der Waals surface area contributed by atoms with E-state index in [0.29, 0.717) is 0 Å². The predicted molar refractivity (Wildman–Crippen MR) is 437 cm³/mol. The minimum atomic E-state index is -1.78. The van der Waals surface area contributed by atoms with Crippen molar-refractivity contribution in [3.8, 4) is 0 Å². The monoisotopic (exact) mass is 1360 g/mol. The van der Waals surface area contributed by atoms with E-state index in [2.05, 4.69) is 397 Å². The first-order valence-electron chi connectivity index (χ1n) is 31.8. The van der Waals surface area contributed by atoms with Crippen LogP contribution in [0.2, 0.25) is 0 Å². The van der Waals surface area contributed by atoms with Gasteiger partial charge in [0, 0.05) is 18.6 Å². The summed E-state index contributed by atoms with van der Waals surface area (Å²) in [6.07, 6.45) is 19.1. The first-order chi connectivity index (χ1) is 45.8. The Kier molecular flexibility index (Phi) is 33.7. The van der Waals surface area contributed by atoms with Gasteiger partial charge in [0.15, 0.2) is 0 Å². The van der Waals surface area contributed by atoms with Crippen LogP contribution in [0, 0.1) is 7.43 Å². The summed E-state index contributed by atoms with van der Waals surface area (Å²) < 4.78 is 0. The van der Waals surface area contributed by atoms with E-state index in [9.17, 15) is 4.79 Å². The summed E-state index contributed by atoms with van der Waals surface area (Å²) in [4.78, 5) is 9.89. The average molecular weight is 1370 g/mol. The number of hydrogen-bond donors (Lipinski definition) is 0. The number of carbonyl (C=O) groups excluding carboxylic acids is 1. The molecule has 0 N–H and O–H groups in total. The normalized spacial score (nSPS) is 10.5. The summed E-state index contributed by atoms with van der Waals surface area (Å²) in [5.41, 5.74) is 4.69. The van der Waals surface area contributed by atoms with Crippen LogP contribution in [0.5, 0.6) is 0 Å². The van der Waals surface area contributed by atoms with Crippen LogP contribution >= 0.6 is 28.6 Å². The van der Waals surface area contributed by atoms with Crippen molar-refractivity contribution in [2.45, 2.75) is 48.5 Å². The zero-order valence-corrected chi connectivity index (χ0v) is 62.1. The van der Waals surface area contributed by atoms with Crippen molar-refractivity contribution in [3.05, 3.63) is 406 Å². The van der Waals surface area contributed by atoms with E-state index in [-0.39, 0.29) is 26.0 Å². The van der Waals surface area contributed by atoms with Crippen LogP contribution in [0.4, 0.5) is 0 Å². The van der Waals surface area contributed by atoms with Gasteiger partial charge >= 0.3 is 0 Å². The Bertz CT molecular complexity index is 3640. The minimum absolute atomic E-state index is 0. The van der Waals surface area contributed by atoms with Gasteiger partial charge in [0.05, 0.1) is 0 Å². The van der Waals surface area contributed by atoms with Crippen LogP contribution in [-0.4, -0.2) is 25.2 Å². The van der Waals surface area contributed by atoms with Crippen molar-refractivity contribution in [3.63, 3.8) is 0 Å². The summed E-state index contributed by atoms with van der Waals surface area (Å²) in [5.74, 6) is 0. The fourth-order valence-corrected chi connectivity index (χ4v) is 21.3. The molecule has 96 heavy (non-hydrogen) atoms. The molecule has 0 bridgehead atoms. The predicted octanol–water partition coefficient (Wildman–Crippen LogP) is 18.6. The van der Waals surface area contributed by atoms with Gasteiger partial charge in [0.25, 0.3) is 0 Å². The van der Waals surface area contributed by atoms with Crippen LogP contribution in [0.15, 0.2) is 398 Å². The molecule has 0 amide bonds. The second-order valence-corrected chi connectivity index (χ2v) is 34.5. The molecule has 12 aromatic rings. The van der Waals surface area contributed by atoms with Gasteiger partial charge < -0.3 is 7.43 Å². The number of rotatable bonds is 14. The van der Waals surface area contributed by atoms with Crippen molar-refractivity contribution in [1.29, 1.82) is 0 Å². The molecular weight excluding hydrogens is 1270 g/mol. The zero-order chi connectivity index (χ0) is 66.9. The van der Waals surface area contributed by atoms with E-state index in [4.69, 9.17) is 18.9 Å². The summed E-state index contributed by atoms with van der Waals surface area (Å²) >= 11 is 0. The second kappa shape index (κ2) is 41.4. The van der Waals surface area contributed by atoms with Gasteiger partial charge in [-0.3, -0.25) is 4.79 Å². The SMILES string of the molecule is C/C=C/C(C)=C(C)C.C=P(c1ccccc1)(c1ccccc1)c1ccccc1.C=P(c1ccccc1)(c1ccccc1)c1ccccc1.C=P(c1ccccc1)(c1ccccc1)c1ccccc1.CC(C)=C(C)C=O.[CH3-].[V].c1ccc(P(c2ccccc2)c2ccccc2)cc1. The molecule has 0 spiro atoms. The molecule has 0 aromatic heterocycles. The molecule has 0 saturated heterocycles. The quantitative estimate of drug-likeness (QED) is 0.0349. The summed E-state index contributed by atoms with van der Waals surface area (Å²) in [5, 5.41) is 16.0. The summed E-state index contributed by atoms with van der Waals surface area (Å²) in [6.45, 7) is 8.71. The van der Waals surface area contributed by atoms with Gasteiger partial charge in [-0.15, -0.1) is 0 Å². The molecule has 1 radical (unpaired) electrons. The molecule has 12 aromatic carbocycles. The van der Waals surface area contributed by atoms with Gasteiger partial charge in [-0.2, -0.15) is 0 Å². The minimum Gasteiger partial charge on any atom is -0.358 e. The standard InChI is InChI=1S/3C19H17P.C18H15P.C8H14.C6H10O.CH3.V/c3*1-20(17-11-5-2-6-12-17,18-13-7-3-8-14-18)19-15-9-4-10-16-19;1-4-10-16(11-5-1)19(17-12-6-2-7-13-17)18-14-8-3-9-15-18;1-5-6-8(4)7(2)3;1-5(2)6(3)4-7;;/h3*2-16H,1H2;1-15H;5-6H,1-4H3;4H,1-3H3;1H3;/q;;;;;;-1;/b;;;;6-5+;;;. The molecule has 0 atom stereocenters. The van der Waals surface area contributed by atoms with Crippen molar-refractivity contribution < 1.29 is 23.4 Å². The maximum atomic E-state index is 9.89. The Balaban J connectivity index is 0.000000215. The molecule has 6 heteroatoms. The Morgan fingerprint density at radius 2 is 0.417 bits per heavy atom. The van der Waals surface area contributed by atoms with Crippen LogP contribution in [0.25, 0.3) is 0 Å². The molecule has 0 aliphatic heterocycles. The molecule has 1 nitrogen and oxygen atoms in total. The number of allylic oxidation sites excluding steroid dienone is 6. The van der Waals surface area contributed by atoms with Crippen molar-refractivity contribution in [2.75, 3.05) is 0 Å². The second-order valence-electron chi connectivity index (χ2n) is 22.8. The van der Waals surface area contributed by atoms with Crippen molar-refractivity contribution in [2.24, 2.45) is 0 Å². The van der Waals surface area contributed by atoms with E-state index in [1.165, 1.54) is 74.8 Å². The molecule has 0 fully saturated rings. The fourth-order valence-electron chi connectivity index (χ4n) is 10.2. The van der Waals surface area contributed by atoms with Crippen molar-refractivity contribution >= 4 is 117 Å². The molecule has 0 heterocycles. The smallest absolute Gasteiger partial charge is 0.145 e. The van der Waals surface area contributed by atoms with E-state index in [0.717, 1.165) is 17.4 Å². The summed E-state index contributed by atoms with van der Waals surface area (Å²) in [7, 11) is -0.446. The fraction of sp³-hybridized carbons (Fsp3) is 0.0778. The Hall–Kier alpha value is -8.56. The molecule has 0 aliphatic rings. The third-order valence-corrected chi connectivity index (χ3v) is 29.0. The maximum Gasteiger partial charge on any atom is 0.145 e. The Labute approximate surface area is 590 Å². The number of benzene rings is 12. The van der Waals surface area contributed by atoms with Crippen molar-refractivity contribution in [1.82, 2.24) is 0 Å². The number of aldehydes is 1. The number of hydrogen-bond acceptors (Lipinski definition) is 1. The molecule has 12 rings (SSSR count). The van der Waals surface area contributed by atoms with E-state index in [1.54, 1.807) is 0 Å². The molecule has 0 aliphatic carbocycles. The van der Waals surface area contributed by atoms with Gasteiger partial charge in [-0.25, -0.2) is 0 Å². The van der Waals surface area contributed by atoms with Crippen LogP contribution in [0.3, 0.4) is 0 Å². The molecular formula is C90H93OP4V-. The van der Waals surface area contributed by atoms with E-state index >= 15 is 0 Å². The third-order valence-electron chi connectivity index (χ3n) is 16.0. The maximum absolute atomic E-state index is 9.89. The van der Waals surface area contributed by atoms with Gasteiger partial charge in [0.1, 0.15) is 6.29 Å². The Morgan fingerprint density at radius 1 is 0.271 bits per heavy atom. The van der Waals surface area contributed by atoms with Gasteiger partial charge in [0.2, 0.25) is 0 Å². The van der Waals surface area contributed by atoms with Crippen LogP contribution in [-0.2, 0) is 23.4 Å². The molecule has 0 saturated carbocycles. The third kappa shape index (κ3) is 22.0. The largest absolute Gasteiger partial charge is 0.358 e. The van der Waals surface area contributed by atoms with Crippen LogP contribution < -0.4 is 63.7 Å². The van der Waals surface area contributed by atoms with Gasteiger partial charge in [-0.1, -0.05) is 412 Å². The van der Waals surface area contributed by atoms with E-state index in [1.807, 2.05) is 27.7 Å².